The van der Waals surface area contributed by atoms with Crippen molar-refractivity contribution < 1.29 is 4.39 Å². The van der Waals surface area contributed by atoms with Gasteiger partial charge in [0.1, 0.15) is 5.82 Å². The second-order valence-electron chi connectivity index (χ2n) is 4.25. The first-order valence-electron chi connectivity index (χ1n) is 5.72. The molecule has 1 aromatic carbocycles. The van der Waals surface area contributed by atoms with Crippen molar-refractivity contribution in [2.45, 2.75) is 12.8 Å². The molecule has 0 atom stereocenters. The average molecular weight is 225 g/mol. The fourth-order valence-corrected chi connectivity index (χ4v) is 2.28. The maximum atomic E-state index is 13.2. The minimum atomic E-state index is -0.161. The molecule has 0 spiro atoms. The third kappa shape index (κ3) is 1.98. The van der Waals surface area contributed by atoms with Crippen LogP contribution in [0.5, 0.6) is 0 Å². The number of halogens is 1. The van der Waals surface area contributed by atoms with Gasteiger partial charge in [-0.15, -0.1) is 0 Å². The van der Waals surface area contributed by atoms with Gasteiger partial charge < -0.3 is 0 Å². The monoisotopic (exact) mass is 225 g/mol. The predicted octanol–water partition coefficient (Wildman–Crippen LogP) is 3.71. The van der Waals surface area contributed by atoms with E-state index in [2.05, 4.69) is 11.1 Å². The van der Waals surface area contributed by atoms with Crippen LogP contribution in [-0.4, -0.2) is 4.98 Å². The van der Waals surface area contributed by atoms with Crippen LogP contribution in [0.25, 0.3) is 11.6 Å². The molecule has 1 aliphatic rings. The van der Waals surface area contributed by atoms with Gasteiger partial charge in [-0.25, -0.2) is 4.39 Å². The van der Waals surface area contributed by atoms with E-state index in [1.165, 1.54) is 17.2 Å². The summed E-state index contributed by atoms with van der Waals surface area (Å²) < 4.78 is 13.2. The number of allylic oxidation sites excluding steroid dienone is 1. The standard InChI is InChI=1S/C15H12FN/c16-14-4-3-12-1-2-13(15(12)10-14)9-11-5-7-17-8-6-11/h3-10H,1-2H2. The topological polar surface area (TPSA) is 12.9 Å². The first kappa shape index (κ1) is 10.2. The lowest BCUT2D eigenvalue weighted by Gasteiger charge is -2.01. The Kier molecular flexibility index (Phi) is 2.48. The zero-order valence-corrected chi connectivity index (χ0v) is 9.36. The van der Waals surface area contributed by atoms with Crippen molar-refractivity contribution in [3.05, 3.63) is 65.2 Å². The molecule has 3 rings (SSSR count). The average Bonchev–Trinajstić information content (AvgIpc) is 2.73. The Balaban J connectivity index is 2.04. The quantitative estimate of drug-likeness (QED) is 0.721. The number of aryl methyl sites for hydroxylation is 1. The lowest BCUT2D eigenvalue weighted by atomic mass is 10.0. The van der Waals surface area contributed by atoms with E-state index in [-0.39, 0.29) is 5.82 Å². The van der Waals surface area contributed by atoms with Crippen molar-refractivity contribution in [2.24, 2.45) is 0 Å². The first-order valence-corrected chi connectivity index (χ1v) is 5.72. The van der Waals surface area contributed by atoms with Crippen LogP contribution in [0.4, 0.5) is 4.39 Å². The molecule has 0 aliphatic heterocycles. The SMILES string of the molecule is Fc1ccc2c(c1)C(=Cc1ccncc1)CC2. The molecular formula is C15H12FN. The highest BCUT2D eigenvalue weighted by Crippen LogP contribution is 2.33. The Morgan fingerprint density at radius 1 is 1.06 bits per heavy atom. The summed E-state index contributed by atoms with van der Waals surface area (Å²) in [6.07, 6.45) is 7.66. The Hall–Kier alpha value is -1.96. The van der Waals surface area contributed by atoms with Crippen LogP contribution in [0.15, 0.2) is 42.7 Å². The Labute approximate surface area is 99.6 Å². The first-order chi connectivity index (χ1) is 8.33. The van der Waals surface area contributed by atoms with Gasteiger partial charge >= 0.3 is 0 Å². The number of aromatic nitrogens is 1. The Bertz CT molecular complexity index is 573. The normalized spacial score (nSPS) is 16.2. The van der Waals surface area contributed by atoms with Crippen molar-refractivity contribution in [3.63, 3.8) is 0 Å². The summed E-state index contributed by atoms with van der Waals surface area (Å²) in [6, 6.07) is 8.98. The molecule has 1 aromatic heterocycles. The summed E-state index contributed by atoms with van der Waals surface area (Å²) in [5.74, 6) is -0.161. The summed E-state index contributed by atoms with van der Waals surface area (Å²) in [6.45, 7) is 0. The third-order valence-corrected chi connectivity index (χ3v) is 3.13. The zero-order valence-electron chi connectivity index (χ0n) is 9.36. The minimum absolute atomic E-state index is 0.161. The molecule has 0 saturated heterocycles. The second-order valence-corrected chi connectivity index (χ2v) is 4.25. The van der Waals surface area contributed by atoms with E-state index in [9.17, 15) is 4.39 Å². The number of benzene rings is 1. The van der Waals surface area contributed by atoms with Gasteiger partial charge in [0.15, 0.2) is 0 Å². The van der Waals surface area contributed by atoms with Gasteiger partial charge in [-0.05, 0) is 59.4 Å². The van der Waals surface area contributed by atoms with Gasteiger partial charge in [0.2, 0.25) is 0 Å². The van der Waals surface area contributed by atoms with Crippen molar-refractivity contribution in [2.75, 3.05) is 0 Å². The van der Waals surface area contributed by atoms with E-state index < -0.39 is 0 Å². The summed E-state index contributed by atoms with van der Waals surface area (Å²) in [5.41, 5.74) is 4.63. The Morgan fingerprint density at radius 3 is 2.71 bits per heavy atom. The van der Waals surface area contributed by atoms with E-state index >= 15 is 0 Å². The van der Waals surface area contributed by atoms with Crippen molar-refractivity contribution in [1.29, 1.82) is 0 Å². The van der Waals surface area contributed by atoms with Crippen LogP contribution in [0.2, 0.25) is 0 Å². The Morgan fingerprint density at radius 2 is 1.88 bits per heavy atom. The highest BCUT2D eigenvalue weighted by atomic mass is 19.1. The molecule has 0 N–H and O–H groups in total. The maximum Gasteiger partial charge on any atom is 0.123 e. The summed E-state index contributed by atoms with van der Waals surface area (Å²) in [5, 5.41) is 0. The zero-order chi connectivity index (χ0) is 11.7. The van der Waals surface area contributed by atoms with Crippen LogP contribution < -0.4 is 0 Å². The number of hydrogen-bond acceptors (Lipinski definition) is 1. The highest BCUT2D eigenvalue weighted by molar-refractivity contribution is 5.85. The van der Waals surface area contributed by atoms with Crippen LogP contribution in [0.1, 0.15) is 23.1 Å². The molecule has 2 heteroatoms. The molecule has 0 bridgehead atoms. The van der Waals surface area contributed by atoms with E-state index in [4.69, 9.17) is 0 Å². The van der Waals surface area contributed by atoms with Crippen LogP contribution in [0, 0.1) is 5.82 Å². The number of rotatable bonds is 1. The van der Waals surface area contributed by atoms with E-state index in [0.29, 0.717) is 0 Å². The van der Waals surface area contributed by atoms with Crippen LogP contribution >= 0.6 is 0 Å². The van der Waals surface area contributed by atoms with E-state index in [0.717, 1.165) is 24.0 Å². The number of nitrogens with zero attached hydrogens (tertiary/aromatic N) is 1. The summed E-state index contributed by atoms with van der Waals surface area (Å²) in [4.78, 5) is 3.99. The van der Waals surface area contributed by atoms with Crippen molar-refractivity contribution in [3.8, 4) is 0 Å². The van der Waals surface area contributed by atoms with Crippen molar-refractivity contribution in [1.82, 2.24) is 4.98 Å². The molecule has 0 fully saturated rings. The smallest absolute Gasteiger partial charge is 0.123 e. The van der Waals surface area contributed by atoms with Gasteiger partial charge in [0, 0.05) is 12.4 Å². The van der Waals surface area contributed by atoms with E-state index in [1.54, 1.807) is 18.5 Å². The number of pyridine rings is 1. The fourth-order valence-electron chi connectivity index (χ4n) is 2.28. The van der Waals surface area contributed by atoms with Gasteiger partial charge in [-0.3, -0.25) is 4.98 Å². The number of fused-ring (bicyclic) bond motifs is 1. The van der Waals surface area contributed by atoms with Gasteiger partial charge in [-0.2, -0.15) is 0 Å². The van der Waals surface area contributed by atoms with Gasteiger partial charge in [-0.1, -0.05) is 12.1 Å². The molecular weight excluding hydrogens is 213 g/mol. The second kappa shape index (κ2) is 4.13. The predicted molar refractivity (Wildman–Crippen MR) is 66.8 cm³/mol. The summed E-state index contributed by atoms with van der Waals surface area (Å²) in [7, 11) is 0. The van der Waals surface area contributed by atoms with Gasteiger partial charge in [0.05, 0.1) is 0 Å². The number of hydrogen-bond donors (Lipinski definition) is 0. The minimum Gasteiger partial charge on any atom is -0.265 e. The molecule has 0 unspecified atom stereocenters. The van der Waals surface area contributed by atoms with Gasteiger partial charge in [0.25, 0.3) is 0 Å². The largest absolute Gasteiger partial charge is 0.265 e. The van der Waals surface area contributed by atoms with Crippen LogP contribution in [-0.2, 0) is 6.42 Å². The molecule has 0 amide bonds. The molecule has 0 saturated carbocycles. The molecule has 17 heavy (non-hydrogen) atoms. The third-order valence-electron chi connectivity index (χ3n) is 3.13. The molecule has 84 valence electrons. The highest BCUT2D eigenvalue weighted by Gasteiger charge is 2.16. The molecule has 1 nitrogen and oxygen atoms in total. The molecule has 0 radical (unpaired) electrons. The fraction of sp³-hybridized carbons (Fsp3) is 0.133. The lowest BCUT2D eigenvalue weighted by Crippen LogP contribution is -1.83. The lowest BCUT2D eigenvalue weighted by molar-refractivity contribution is 0.627. The molecule has 1 heterocycles. The molecule has 1 aliphatic carbocycles. The maximum absolute atomic E-state index is 13.2. The molecule has 2 aromatic rings. The van der Waals surface area contributed by atoms with Crippen molar-refractivity contribution >= 4 is 11.6 Å². The van der Waals surface area contributed by atoms with E-state index in [1.807, 2.05) is 18.2 Å². The van der Waals surface area contributed by atoms with Crippen LogP contribution in [0.3, 0.4) is 0 Å². The summed E-state index contributed by atoms with van der Waals surface area (Å²) >= 11 is 0.